The molecule has 0 amide bonds. The maximum Gasteiger partial charge on any atom is 0.307 e. The van der Waals surface area contributed by atoms with Crippen molar-refractivity contribution in [2.75, 3.05) is 7.11 Å². The van der Waals surface area contributed by atoms with Crippen LogP contribution in [0.1, 0.15) is 18.9 Å². The number of para-hydroxylation sites is 1. The number of ether oxygens (including phenoxy) is 1. The number of rotatable bonds is 5. The molecule has 0 radical (unpaired) electrons. The summed E-state index contributed by atoms with van der Waals surface area (Å²) in [6.45, 7) is 2.72. The van der Waals surface area contributed by atoms with Crippen molar-refractivity contribution in [1.29, 1.82) is 0 Å². The molecule has 1 unspecified atom stereocenters. The highest BCUT2D eigenvalue weighted by atomic mass is 16.5. The first-order chi connectivity index (χ1) is 8.70. The highest BCUT2D eigenvalue weighted by molar-refractivity contribution is 5.82. The van der Waals surface area contributed by atoms with E-state index in [1.807, 2.05) is 25.3 Å². The zero-order chi connectivity index (χ0) is 13.0. The number of methoxy groups -OCH3 is 1. The first-order valence-electron chi connectivity index (χ1n) is 6.06. The summed E-state index contributed by atoms with van der Waals surface area (Å²) in [5.41, 5.74) is 2.34. The average molecular weight is 246 g/mol. The molecule has 1 atom stereocenters. The van der Waals surface area contributed by atoms with Gasteiger partial charge in [0.25, 0.3) is 0 Å². The fourth-order valence-corrected chi connectivity index (χ4v) is 1.97. The van der Waals surface area contributed by atoms with Gasteiger partial charge in [-0.25, -0.2) is 0 Å². The Labute approximate surface area is 106 Å². The highest BCUT2D eigenvalue weighted by Gasteiger charge is 2.09. The smallest absolute Gasteiger partial charge is 0.307 e. The van der Waals surface area contributed by atoms with Crippen molar-refractivity contribution in [2.24, 2.45) is 0 Å². The molecule has 0 saturated heterocycles. The van der Waals surface area contributed by atoms with Gasteiger partial charge in [-0.05, 0) is 18.6 Å². The summed E-state index contributed by atoms with van der Waals surface area (Å²) in [5.74, 6) is -0.186. The van der Waals surface area contributed by atoms with Crippen molar-refractivity contribution in [3.8, 4) is 0 Å². The summed E-state index contributed by atoms with van der Waals surface area (Å²) in [6, 6.07) is 8.28. The van der Waals surface area contributed by atoms with Gasteiger partial charge in [-0.2, -0.15) is 0 Å². The molecule has 96 valence electrons. The number of nitrogens with one attached hydrogen (secondary N) is 2. The Morgan fingerprint density at radius 1 is 1.44 bits per heavy atom. The highest BCUT2D eigenvalue weighted by Crippen LogP contribution is 2.17. The predicted octanol–water partition coefficient (Wildman–Crippen LogP) is 2.21. The van der Waals surface area contributed by atoms with Crippen LogP contribution in [0, 0.1) is 0 Å². The third kappa shape index (κ3) is 2.90. The zero-order valence-corrected chi connectivity index (χ0v) is 10.7. The molecule has 2 aromatic rings. The summed E-state index contributed by atoms with van der Waals surface area (Å²) in [6.07, 6.45) is 2.39. The maximum atomic E-state index is 11.1. The summed E-state index contributed by atoms with van der Waals surface area (Å²) in [5, 5.41) is 4.54. The van der Waals surface area contributed by atoms with Crippen LogP contribution >= 0.6 is 0 Å². The molecule has 2 rings (SSSR count). The summed E-state index contributed by atoms with van der Waals surface area (Å²) in [4.78, 5) is 14.4. The first-order valence-corrected chi connectivity index (χ1v) is 6.06. The Bertz CT molecular complexity index is 533. The molecule has 0 aliphatic heterocycles. The van der Waals surface area contributed by atoms with E-state index in [4.69, 9.17) is 0 Å². The van der Waals surface area contributed by atoms with E-state index in [2.05, 4.69) is 27.2 Å². The molecular weight excluding hydrogens is 228 g/mol. The molecule has 0 bridgehead atoms. The molecule has 4 nitrogen and oxygen atoms in total. The van der Waals surface area contributed by atoms with E-state index in [1.54, 1.807) is 0 Å². The minimum absolute atomic E-state index is 0.103. The SMILES string of the molecule is COC(=O)CC(C)NCc1c[nH]c2ccccc12. The lowest BCUT2D eigenvalue weighted by Crippen LogP contribution is -2.28. The number of H-pyrrole nitrogens is 1. The van der Waals surface area contributed by atoms with E-state index >= 15 is 0 Å². The minimum atomic E-state index is -0.186. The van der Waals surface area contributed by atoms with Gasteiger partial charge in [0.05, 0.1) is 13.5 Å². The number of fused-ring (bicyclic) bond motifs is 1. The molecule has 0 fully saturated rings. The first kappa shape index (κ1) is 12.6. The maximum absolute atomic E-state index is 11.1. The number of hydrogen-bond donors (Lipinski definition) is 2. The third-order valence-electron chi connectivity index (χ3n) is 3.02. The second-order valence-electron chi connectivity index (χ2n) is 4.42. The van der Waals surface area contributed by atoms with Crippen LogP contribution in [0.2, 0.25) is 0 Å². The average Bonchev–Trinajstić information content (AvgIpc) is 2.79. The Morgan fingerprint density at radius 2 is 2.22 bits per heavy atom. The quantitative estimate of drug-likeness (QED) is 0.795. The molecule has 0 spiro atoms. The fraction of sp³-hybridized carbons (Fsp3) is 0.357. The van der Waals surface area contributed by atoms with Crippen molar-refractivity contribution in [3.63, 3.8) is 0 Å². The Kier molecular flexibility index (Phi) is 3.99. The van der Waals surface area contributed by atoms with Crippen molar-refractivity contribution in [2.45, 2.75) is 25.9 Å². The molecule has 0 aliphatic rings. The second kappa shape index (κ2) is 5.69. The Hall–Kier alpha value is -1.81. The van der Waals surface area contributed by atoms with Crippen LogP contribution in [-0.2, 0) is 16.1 Å². The molecule has 0 saturated carbocycles. The van der Waals surface area contributed by atoms with Crippen molar-refractivity contribution < 1.29 is 9.53 Å². The lowest BCUT2D eigenvalue weighted by Gasteiger charge is -2.11. The van der Waals surface area contributed by atoms with Crippen molar-refractivity contribution in [1.82, 2.24) is 10.3 Å². The van der Waals surface area contributed by atoms with Crippen LogP contribution in [-0.4, -0.2) is 24.1 Å². The Balaban J connectivity index is 1.96. The van der Waals surface area contributed by atoms with Gasteiger partial charge >= 0.3 is 5.97 Å². The van der Waals surface area contributed by atoms with E-state index in [9.17, 15) is 4.79 Å². The van der Waals surface area contributed by atoms with Gasteiger partial charge in [0.2, 0.25) is 0 Å². The monoisotopic (exact) mass is 246 g/mol. The number of aromatic nitrogens is 1. The van der Waals surface area contributed by atoms with Crippen LogP contribution in [0.5, 0.6) is 0 Å². The molecule has 1 heterocycles. The predicted molar refractivity (Wildman–Crippen MR) is 71.2 cm³/mol. The van der Waals surface area contributed by atoms with Gasteiger partial charge < -0.3 is 15.0 Å². The Morgan fingerprint density at radius 3 is 3.00 bits per heavy atom. The molecule has 18 heavy (non-hydrogen) atoms. The van der Waals surface area contributed by atoms with Gasteiger partial charge in [-0.3, -0.25) is 4.79 Å². The number of aromatic amines is 1. The van der Waals surface area contributed by atoms with Crippen LogP contribution < -0.4 is 5.32 Å². The normalized spacial score (nSPS) is 12.6. The van der Waals surface area contributed by atoms with E-state index in [0.29, 0.717) is 6.42 Å². The number of esters is 1. The molecule has 1 aromatic heterocycles. The molecule has 2 N–H and O–H groups in total. The lowest BCUT2D eigenvalue weighted by atomic mass is 10.1. The van der Waals surface area contributed by atoms with Gasteiger partial charge in [-0.15, -0.1) is 0 Å². The largest absolute Gasteiger partial charge is 0.469 e. The summed E-state index contributed by atoms with van der Waals surface area (Å²) in [7, 11) is 1.41. The summed E-state index contributed by atoms with van der Waals surface area (Å²) >= 11 is 0. The molecule has 4 heteroatoms. The van der Waals surface area contributed by atoms with Crippen LogP contribution in [0.25, 0.3) is 10.9 Å². The van der Waals surface area contributed by atoms with E-state index in [0.717, 1.165) is 12.1 Å². The molecule has 1 aromatic carbocycles. The van der Waals surface area contributed by atoms with Crippen LogP contribution in [0.3, 0.4) is 0 Å². The topological polar surface area (TPSA) is 54.1 Å². The molecule has 0 aliphatic carbocycles. The zero-order valence-electron chi connectivity index (χ0n) is 10.7. The van der Waals surface area contributed by atoms with Crippen molar-refractivity contribution in [3.05, 3.63) is 36.0 Å². The van der Waals surface area contributed by atoms with Crippen LogP contribution in [0.4, 0.5) is 0 Å². The van der Waals surface area contributed by atoms with Gasteiger partial charge in [0, 0.05) is 29.7 Å². The van der Waals surface area contributed by atoms with E-state index in [-0.39, 0.29) is 12.0 Å². The van der Waals surface area contributed by atoms with Gasteiger partial charge in [0.1, 0.15) is 0 Å². The fourth-order valence-electron chi connectivity index (χ4n) is 1.97. The number of hydrogen-bond acceptors (Lipinski definition) is 3. The number of carbonyl (C=O) groups is 1. The van der Waals surface area contributed by atoms with E-state index in [1.165, 1.54) is 18.1 Å². The van der Waals surface area contributed by atoms with Gasteiger partial charge in [-0.1, -0.05) is 18.2 Å². The second-order valence-corrected chi connectivity index (χ2v) is 4.42. The van der Waals surface area contributed by atoms with Gasteiger partial charge in [0.15, 0.2) is 0 Å². The third-order valence-corrected chi connectivity index (χ3v) is 3.02. The minimum Gasteiger partial charge on any atom is -0.469 e. The lowest BCUT2D eigenvalue weighted by molar-refractivity contribution is -0.141. The summed E-state index contributed by atoms with van der Waals surface area (Å²) < 4.78 is 4.64. The number of benzene rings is 1. The van der Waals surface area contributed by atoms with Crippen molar-refractivity contribution >= 4 is 16.9 Å². The van der Waals surface area contributed by atoms with E-state index < -0.39 is 0 Å². The standard InChI is InChI=1S/C14H18N2O2/c1-10(7-14(17)18-2)15-8-11-9-16-13-6-4-3-5-12(11)13/h3-6,9-10,15-16H,7-8H2,1-2H3. The van der Waals surface area contributed by atoms with Crippen LogP contribution in [0.15, 0.2) is 30.5 Å². The number of carbonyl (C=O) groups excluding carboxylic acids is 1. The molecular formula is C14H18N2O2.